The average Bonchev–Trinajstić information content (AvgIpc) is 2.85. The van der Waals surface area contributed by atoms with Gasteiger partial charge in [-0.15, -0.1) is 0 Å². The van der Waals surface area contributed by atoms with E-state index in [1.54, 1.807) is 6.07 Å². The highest BCUT2D eigenvalue weighted by Crippen LogP contribution is 2.37. The number of methoxy groups -OCH3 is 1. The van der Waals surface area contributed by atoms with Crippen LogP contribution in [0.3, 0.4) is 0 Å². The molecular formula is C27H29ClF2N2O2. The van der Waals surface area contributed by atoms with Crippen molar-refractivity contribution in [2.45, 2.75) is 37.7 Å². The van der Waals surface area contributed by atoms with Crippen molar-refractivity contribution in [2.75, 3.05) is 26.8 Å². The second-order valence-corrected chi connectivity index (χ2v) is 9.31. The Morgan fingerprint density at radius 2 is 1.82 bits per heavy atom. The number of hydrogen-bond donors (Lipinski definition) is 1. The molecule has 0 unspecified atom stereocenters. The van der Waals surface area contributed by atoms with Crippen LogP contribution in [-0.2, 0) is 22.7 Å². The van der Waals surface area contributed by atoms with Gasteiger partial charge in [-0.25, -0.2) is 13.8 Å². The van der Waals surface area contributed by atoms with Gasteiger partial charge in [0.25, 0.3) is 5.92 Å². The molecule has 1 saturated heterocycles. The van der Waals surface area contributed by atoms with Crippen LogP contribution in [0.4, 0.5) is 8.78 Å². The molecule has 2 heterocycles. The first-order chi connectivity index (χ1) is 16.3. The van der Waals surface area contributed by atoms with E-state index < -0.39 is 5.92 Å². The molecule has 1 aromatic heterocycles. The molecule has 0 bridgehead atoms. The minimum absolute atomic E-state index is 0.0879. The molecule has 1 fully saturated rings. The molecular weight excluding hydrogens is 458 g/mol. The summed E-state index contributed by atoms with van der Waals surface area (Å²) in [5.41, 5.74) is 2.89. The summed E-state index contributed by atoms with van der Waals surface area (Å²) in [7, 11) is 1.50. The summed E-state index contributed by atoms with van der Waals surface area (Å²) in [5.74, 6) is -2.64. The van der Waals surface area contributed by atoms with Crippen LogP contribution in [0, 0.1) is 0 Å². The van der Waals surface area contributed by atoms with Crippen molar-refractivity contribution in [3.05, 3.63) is 82.5 Å². The van der Waals surface area contributed by atoms with Gasteiger partial charge in [-0.2, -0.15) is 0 Å². The van der Waals surface area contributed by atoms with Gasteiger partial charge in [-0.05, 0) is 60.8 Å². The third-order valence-electron chi connectivity index (χ3n) is 6.44. The maximum absolute atomic E-state index is 14.4. The number of piperidine rings is 1. The van der Waals surface area contributed by atoms with E-state index in [-0.39, 0.29) is 17.6 Å². The van der Waals surface area contributed by atoms with Crippen LogP contribution in [0.15, 0.2) is 60.8 Å². The maximum atomic E-state index is 14.4. The first-order valence-corrected chi connectivity index (χ1v) is 11.7. The van der Waals surface area contributed by atoms with Gasteiger partial charge in [0, 0.05) is 29.5 Å². The van der Waals surface area contributed by atoms with Crippen LogP contribution in [0.2, 0.25) is 5.02 Å². The molecule has 0 spiro atoms. The molecule has 34 heavy (non-hydrogen) atoms. The molecule has 0 aliphatic carbocycles. The van der Waals surface area contributed by atoms with E-state index >= 15 is 0 Å². The Morgan fingerprint density at radius 1 is 1.09 bits per heavy atom. The van der Waals surface area contributed by atoms with Crippen molar-refractivity contribution < 1.29 is 18.3 Å². The van der Waals surface area contributed by atoms with Gasteiger partial charge in [0.1, 0.15) is 0 Å². The van der Waals surface area contributed by atoms with Crippen LogP contribution in [-0.4, -0.2) is 31.8 Å². The fraction of sp³-hybridized carbons (Fsp3) is 0.370. The van der Waals surface area contributed by atoms with Crippen molar-refractivity contribution in [2.24, 2.45) is 0 Å². The zero-order valence-electron chi connectivity index (χ0n) is 19.4. The summed E-state index contributed by atoms with van der Waals surface area (Å²) in [6.07, 6.45) is 3.38. The molecule has 4 rings (SSSR count). The smallest absolute Gasteiger partial charge is 0.270 e. The van der Waals surface area contributed by atoms with Gasteiger partial charge >= 0.3 is 0 Å². The predicted molar refractivity (Wildman–Crippen MR) is 131 cm³/mol. The Hall–Kier alpha value is -2.54. The first-order valence-electron chi connectivity index (χ1n) is 11.4. The van der Waals surface area contributed by atoms with E-state index in [1.807, 2.05) is 24.3 Å². The summed E-state index contributed by atoms with van der Waals surface area (Å²) in [5, 5.41) is 3.78. The summed E-state index contributed by atoms with van der Waals surface area (Å²) >= 11 is 6.36. The normalized spacial score (nSPS) is 15.8. The standard InChI is InChI=1S/C27H29ClF2N2O2/c1-26(29,30)22-13-19(12-20(14-22)23-15-25(33-2)32-16-24(23)28)17-34-18-27(8-10-31-11-9-27)21-6-4-3-5-7-21/h3-7,12-16,31H,8-11,17-18H2,1-2H3. The number of benzene rings is 2. The third-order valence-corrected chi connectivity index (χ3v) is 6.75. The lowest BCUT2D eigenvalue weighted by Gasteiger charge is -2.38. The second-order valence-electron chi connectivity index (χ2n) is 8.90. The molecule has 0 saturated carbocycles. The molecule has 1 aliphatic rings. The predicted octanol–water partition coefficient (Wildman–Crippen LogP) is 6.36. The average molecular weight is 487 g/mol. The molecule has 1 aliphatic heterocycles. The van der Waals surface area contributed by atoms with E-state index in [4.69, 9.17) is 21.1 Å². The SMILES string of the molecule is COc1cc(-c2cc(COCC3(c4ccccc4)CCNCC3)cc(C(C)(F)F)c2)c(Cl)cn1. The van der Waals surface area contributed by atoms with Gasteiger partial charge < -0.3 is 14.8 Å². The number of hydrogen-bond acceptors (Lipinski definition) is 4. The number of ether oxygens (including phenoxy) is 2. The van der Waals surface area contributed by atoms with Crippen molar-refractivity contribution in [1.29, 1.82) is 0 Å². The number of nitrogens with one attached hydrogen (secondary N) is 1. The number of rotatable bonds is 8. The second kappa shape index (κ2) is 10.4. The highest BCUT2D eigenvalue weighted by atomic mass is 35.5. The summed E-state index contributed by atoms with van der Waals surface area (Å²) in [6.45, 7) is 3.47. The Kier molecular flexibility index (Phi) is 7.51. The molecule has 0 atom stereocenters. The molecule has 1 N–H and O–H groups in total. The van der Waals surface area contributed by atoms with Gasteiger partial charge in [0.15, 0.2) is 0 Å². The minimum Gasteiger partial charge on any atom is -0.481 e. The summed E-state index contributed by atoms with van der Waals surface area (Å²) in [4.78, 5) is 4.08. The van der Waals surface area contributed by atoms with Crippen LogP contribution in [0.5, 0.6) is 5.88 Å². The fourth-order valence-electron chi connectivity index (χ4n) is 4.51. The van der Waals surface area contributed by atoms with Crippen molar-refractivity contribution in [3.8, 4) is 17.0 Å². The Bertz CT molecular complexity index is 1110. The summed E-state index contributed by atoms with van der Waals surface area (Å²) < 4.78 is 40.1. The van der Waals surface area contributed by atoms with E-state index in [9.17, 15) is 8.78 Å². The number of alkyl halides is 2. The largest absolute Gasteiger partial charge is 0.481 e. The number of halogens is 3. The van der Waals surface area contributed by atoms with Crippen molar-refractivity contribution in [3.63, 3.8) is 0 Å². The first kappa shape index (κ1) is 24.6. The third kappa shape index (κ3) is 5.57. The molecule has 180 valence electrons. The van der Waals surface area contributed by atoms with Crippen molar-refractivity contribution in [1.82, 2.24) is 10.3 Å². The molecule has 0 radical (unpaired) electrons. The van der Waals surface area contributed by atoms with Crippen LogP contribution < -0.4 is 10.1 Å². The zero-order valence-corrected chi connectivity index (χ0v) is 20.2. The molecule has 0 amide bonds. The Balaban J connectivity index is 1.61. The van der Waals surface area contributed by atoms with Gasteiger partial charge in [-0.3, -0.25) is 0 Å². The van der Waals surface area contributed by atoms with Crippen LogP contribution in [0.25, 0.3) is 11.1 Å². The zero-order chi connectivity index (χ0) is 24.2. The lowest BCUT2D eigenvalue weighted by Crippen LogP contribution is -2.43. The Morgan fingerprint density at radius 3 is 2.50 bits per heavy atom. The lowest BCUT2D eigenvalue weighted by molar-refractivity contribution is 0.0170. The lowest BCUT2D eigenvalue weighted by atomic mass is 9.74. The molecule has 4 nitrogen and oxygen atoms in total. The fourth-order valence-corrected chi connectivity index (χ4v) is 4.73. The number of nitrogens with zero attached hydrogens (tertiary/aromatic N) is 1. The van der Waals surface area contributed by atoms with E-state index in [2.05, 4.69) is 22.4 Å². The van der Waals surface area contributed by atoms with Gasteiger partial charge in [0.2, 0.25) is 5.88 Å². The highest BCUT2D eigenvalue weighted by Gasteiger charge is 2.34. The quantitative estimate of drug-likeness (QED) is 0.402. The van der Waals surface area contributed by atoms with Crippen LogP contribution >= 0.6 is 11.6 Å². The van der Waals surface area contributed by atoms with Crippen LogP contribution in [0.1, 0.15) is 36.5 Å². The molecule has 7 heteroatoms. The topological polar surface area (TPSA) is 43.4 Å². The summed E-state index contributed by atoms with van der Waals surface area (Å²) in [6, 6.07) is 16.8. The maximum Gasteiger partial charge on any atom is 0.270 e. The van der Waals surface area contributed by atoms with Gasteiger partial charge in [0.05, 0.1) is 31.5 Å². The Labute approximate surface area is 204 Å². The molecule has 2 aromatic carbocycles. The van der Waals surface area contributed by atoms with E-state index in [1.165, 1.54) is 31.0 Å². The highest BCUT2D eigenvalue weighted by molar-refractivity contribution is 6.33. The number of pyridine rings is 1. The monoisotopic (exact) mass is 486 g/mol. The van der Waals surface area contributed by atoms with Crippen molar-refractivity contribution >= 4 is 11.6 Å². The number of aromatic nitrogens is 1. The molecule has 3 aromatic rings. The van der Waals surface area contributed by atoms with E-state index in [0.29, 0.717) is 34.2 Å². The van der Waals surface area contributed by atoms with E-state index in [0.717, 1.165) is 32.9 Å². The van der Waals surface area contributed by atoms with Gasteiger partial charge in [-0.1, -0.05) is 41.9 Å². The minimum atomic E-state index is -3.01.